The van der Waals surface area contributed by atoms with Gasteiger partial charge < -0.3 is 22.5 Å². The van der Waals surface area contributed by atoms with Gasteiger partial charge in [0.1, 0.15) is 17.4 Å². The Balaban J connectivity index is 4.28. The topological polar surface area (TPSA) is 114 Å². The van der Waals surface area contributed by atoms with Crippen LogP contribution in [0.2, 0.25) is 0 Å². The summed E-state index contributed by atoms with van der Waals surface area (Å²) in [5.41, 5.74) is 15.5. The molecule has 0 radical (unpaired) electrons. The second kappa shape index (κ2) is 2.81. The summed E-state index contributed by atoms with van der Waals surface area (Å²) in [5.74, 6) is 0.00403. The first-order chi connectivity index (χ1) is 4.09. The zero-order chi connectivity index (χ0) is 7.44. The molecule has 0 saturated carbocycles. The van der Waals surface area contributed by atoms with Gasteiger partial charge in [0.25, 0.3) is 0 Å². The molecule has 0 aliphatic carbocycles. The van der Waals surface area contributed by atoms with Gasteiger partial charge in [-0.15, -0.1) is 0 Å². The lowest BCUT2D eigenvalue weighted by Crippen LogP contribution is -2.29. The molecular formula is C4H11N5. The third kappa shape index (κ3) is 1.89. The smallest absolute Gasteiger partial charge is 0.142 e. The molecule has 0 saturated heterocycles. The van der Waals surface area contributed by atoms with Crippen molar-refractivity contribution in [3.8, 4) is 0 Å². The Morgan fingerprint density at radius 1 is 1.33 bits per heavy atom. The Labute approximate surface area is 53.4 Å². The van der Waals surface area contributed by atoms with Crippen LogP contribution in [0.5, 0.6) is 0 Å². The van der Waals surface area contributed by atoms with E-state index in [1.54, 1.807) is 7.05 Å². The van der Waals surface area contributed by atoms with Crippen LogP contribution in [0, 0.1) is 5.41 Å². The summed E-state index contributed by atoms with van der Waals surface area (Å²) < 4.78 is 0. The number of rotatable bonds is 2. The van der Waals surface area contributed by atoms with Gasteiger partial charge in [0.15, 0.2) is 0 Å². The van der Waals surface area contributed by atoms with Crippen LogP contribution in [0.25, 0.3) is 0 Å². The van der Waals surface area contributed by atoms with Gasteiger partial charge in [-0.25, -0.2) is 0 Å². The maximum Gasteiger partial charge on any atom is 0.142 e. The summed E-state index contributed by atoms with van der Waals surface area (Å²) >= 11 is 0. The molecule has 52 valence electrons. The largest absolute Gasteiger partial charge is 0.393 e. The highest BCUT2D eigenvalue weighted by atomic mass is 15.0. The minimum Gasteiger partial charge on any atom is -0.393 e. The van der Waals surface area contributed by atoms with Gasteiger partial charge in [-0.3, -0.25) is 5.41 Å². The molecule has 0 aromatic carbocycles. The van der Waals surface area contributed by atoms with E-state index in [4.69, 9.17) is 22.6 Å². The number of hydrogen-bond acceptors (Lipinski definition) is 4. The van der Waals surface area contributed by atoms with Crippen molar-refractivity contribution >= 4 is 5.84 Å². The standard InChI is InChI=1S/C4H11N5/c1-9-4(8)2(5)3(6)7/h9H,5,8H2,1H3,(H3,6,7)/b4-2+. The van der Waals surface area contributed by atoms with Crippen LogP contribution < -0.4 is 22.5 Å². The van der Waals surface area contributed by atoms with Crippen molar-refractivity contribution in [1.29, 1.82) is 5.41 Å². The first kappa shape index (κ1) is 7.61. The van der Waals surface area contributed by atoms with Crippen LogP contribution in [-0.2, 0) is 0 Å². The third-order valence-corrected chi connectivity index (χ3v) is 0.850. The minimum atomic E-state index is -0.221. The fraction of sp³-hybridized carbons (Fsp3) is 0.250. The highest BCUT2D eigenvalue weighted by Crippen LogP contribution is 1.82. The van der Waals surface area contributed by atoms with E-state index in [-0.39, 0.29) is 17.4 Å². The van der Waals surface area contributed by atoms with E-state index in [0.29, 0.717) is 0 Å². The summed E-state index contributed by atoms with van der Waals surface area (Å²) in [4.78, 5) is 0. The van der Waals surface area contributed by atoms with Gasteiger partial charge in [0.2, 0.25) is 0 Å². The fourth-order valence-corrected chi connectivity index (χ4v) is 0.280. The molecule has 0 atom stereocenters. The second-order valence-corrected chi connectivity index (χ2v) is 1.49. The van der Waals surface area contributed by atoms with E-state index in [1.807, 2.05) is 0 Å². The average Bonchev–Trinajstić information content (AvgIpc) is 1.84. The third-order valence-electron chi connectivity index (χ3n) is 0.850. The number of nitrogens with two attached hydrogens (primary N) is 3. The normalized spacial score (nSPS) is 12.1. The monoisotopic (exact) mass is 129 g/mol. The van der Waals surface area contributed by atoms with E-state index < -0.39 is 0 Å². The summed E-state index contributed by atoms with van der Waals surface area (Å²) in [6.07, 6.45) is 0. The van der Waals surface area contributed by atoms with Gasteiger partial charge >= 0.3 is 0 Å². The molecule has 9 heavy (non-hydrogen) atoms. The van der Waals surface area contributed by atoms with E-state index in [9.17, 15) is 0 Å². The lowest BCUT2D eigenvalue weighted by atomic mass is 10.4. The summed E-state index contributed by atoms with van der Waals surface area (Å²) in [6.45, 7) is 0. The Morgan fingerprint density at radius 3 is 1.89 bits per heavy atom. The first-order valence-electron chi connectivity index (χ1n) is 2.37. The molecular weight excluding hydrogens is 118 g/mol. The van der Waals surface area contributed by atoms with Crippen molar-refractivity contribution in [3.05, 3.63) is 11.5 Å². The molecule has 0 aromatic rings. The molecule has 0 amide bonds. The van der Waals surface area contributed by atoms with Gasteiger partial charge in [0.05, 0.1) is 0 Å². The van der Waals surface area contributed by atoms with E-state index >= 15 is 0 Å². The van der Waals surface area contributed by atoms with Crippen LogP contribution >= 0.6 is 0 Å². The summed E-state index contributed by atoms with van der Waals surface area (Å²) in [5, 5.41) is 9.37. The molecule has 0 fully saturated rings. The van der Waals surface area contributed by atoms with Crippen LogP contribution in [-0.4, -0.2) is 12.9 Å². The van der Waals surface area contributed by atoms with Crippen LogP contribution in [0.4, 0.5) is 0 Å². The van der Waals surface area contributed by atoms with E-state index in [2.05, 4.69) is 5.32 Å². The van der Waals surface area contributed by atoms with Crippen LogP contribution in [0.1, 0.15) is 0 Å². The molecule has 0 bridgehead atoms. The number of amidine groups is 1. The maximum atomic E-state index is 6.81. The molecule has 5 heteroatoms. The quantitative estimate of drug-likeness (QED) is 0.224. The molecule has 0 spiro atoms. The lowest BCUT2D eigenvalue weighted by molar-refractivity contribution is 0.942. The van der Waals surface area contributed by atoms with Crippen LogP contribution in [0.3, 0.4) is 0 Å². The first-order valence-corrected chi connectivity index (χ1v) is 2.37. The predicted molar refractivity (Wildman–Crippen MR) is 36.4 cm³/mol. The van der Waals surface area contributed by atoms with Crippen molar-refractivity contribution < 1.29 is 0 Å². The number of nitrogens with one attached hydrogen (secondary N) is 2. The molecule has 0 heterocycles. The summed E-state index contributed by atoms with van der Waals surface area (Å²) in [7, 11) is 1.60. The zero-order valence-corrected chi connectivity index (χ0v) is 5.23. The molecule has 0 aromatic heterocycles. The van der Waals surface area contributed by atoms with Crippen molar-refractivity contribution in [3.63, 3.8) is 0 Å². The molecule has 5 nitrogen and oxygen atoms in total. The number of hydrogen-bond donors (Lipinski definition) is 5. The molecule has 8 N–H and O–H groups in total. The summed E-state index contributed by atoms with van der Waals surface area (Å²) in [6, 6.07) is 0. The van der Waals surface area contributed by atoms with Gasteiger partial charge in [0, 0.05) is 7.05 Å². The lowest BCUT2D eigenvalue weighted by Gasteiger charge is -2.02. The Bertz CT molecular complexity index is 147. The molecule has 0 aliphatic rings. The van der Waals surface area contributed by atoms with Gasteiger partial charge in [-0.1, -0.05) is 0 Å². The average molecular weight is 129 g/mol. The highest BCUT2D eigenvalue weighted by Gasteiger charge is 1.97. The van der Waals surface area contributed by atoms with Crippen molar-refractivity contribution in [1.82, 2.24) is 5.32 Å². The molecule has 0 aliphatic heterocycles. The second-order valence-electron chi connectivity index (χ2n) is 1.49. The van der Waals surface area contributed by atoms with Crippen molar-refractivity contribution in [2.45, 2.75) is 0 Å². The van der Waals surface area contributed by atoms with E-state index in [1.165, 1.54) is 0 Å². The Morgan fingerprint density at radius 2 is 1.78 bits per heavy atom. The zero-order valence-electron chi connectivity index (χ0n) is 5.23. The Kier molecular flexibility index (Phi) is 2.37. The van der Waals surface area contributed by atoms with Crippen molar-refractivity contribution in [2.24, 2.45) is 17.2 Å². The highest BCUT2D eigenvalue weighted by molar-refractivity contribution is 5.93. The van der Waals surface area contributed by atoms with Crippen LogP contribution in [0.15, 0.2) is 11.5 Å². The SMILES string of the molecule is CN/C(N)=C(/N)C(=N)N. The van der Waals surface area contributed by atoms with Crippen molar-refractivity contribution in [2.75, 3.05) is 7.05 Å². The minimum absolute atomic E-state index is 0.0810. The molecule has 0 rings (SSSR count). The van der Waals surface area contributed by atoms with E-state index in [0.717, 1.165) is 0 Å². The maximum absolute atomic E-state index is 6.81. The van der Waals surface area contributed by atoms with Gasteiger partial charge in [-0.05, 0) is 0 Å². The Hall–Kier alpha value is -1.39. The predicted octanol–water partition coefficient (Wildman–Crippen LogP) is -1.77. The van der Waals surface area contributed by atoms with Gasteiger partial charge in [-0.2, -0.15) is 0 Å². The fourth-order valence-electron chi connectivity index (χ4n) is 0.280. The molecule has 0 unspecified atom stereocenters.